The van der Waals surface area contributed by atoms with Crippen LogP contribution in [0.4, 0.5) is 0 Å². The lowest BCUT2D eigenvalue weighted by Crippen LogP contribution is -2.12. The molecule has 0 radical (unpaired) electrons. The Morgan fingerprint density at radius 2 is 2.00 bits per heavy atom. The number of primary sulfonamides is 1. The molecular formula is C7H6ClNO3S. The second-order valence-corrected chi connectivity index (χ2v) is 4.29. The van der Waals surface area contributed by atoms with Crippen LogP contribution < -0.4 is 5.14 Å². The van der Waals surface area contributed by atoms with Crippen molar-refractivity contribution in [2.45, 2.75) is 4.90 Å². The molecule has 6 heteroatoms. The summed E-state index contributed by atoms with van der Waals surface area (Å²) in [5.41, 5.74) is 0.303. The fraction of sp³-hybridized carbons (Fsp3) is 0. The van der Waals surface area contributed by atoms with E-state index in [4.69, 9.17) is 16.7 Å². The van der Waals surface area contributed by atoms with Gasteiger partial charge in [-0.15, -0.1) is 0 Å². The number of rotatable bonds is 2. The van der Waals surface area contributed by atoms with Gasteiger partial charge in [0.25, 0.3) is 0 Å². The highest BCUT2D eigenvalue weighted by atomic mass is 35.5. The summed E-state index contributed by atoms with van der Waals surface area (Å²) in [5, 5.41) is 4.80. The average molecular weight is 220 g/mol. The molecule has 0 aliphatic rings. The first-order valence-electron chi connectivity index (χ1n) is 3.22. The highest BCUT2D eigenvalue weighted by Crippen LogP contribution is 2.20. The van der Waals surface area contributed by atoms with Gasteiger partial charge < -0.3 is 0 Å². The number of halogens is 1. The van der Waals surface area contributed by atoms with Crippen molar-refractivity contribution in [3.05, 3.63) is 28.8 Å². The number of aldehydes is 1. The lowest BCUT2D eigenvalue weighted by atomic mass is 10.2. The van der Waals surface area contributed by atoms with Crippen molar-refractivity contribution in [3.8, 4) is 0 Å². The van der Waals surface area contributed by atoms with Crippen molar-refractivity contribution in [1.29, 1.82) is 0 Å². The summed E-state index contributed by atoms with van der Waals surface area (Å²) < 4.78 is 21.7. The second kappa shape index (κ2) is 3.45. The predicted octanol–water partition coefficient (Wildman–Crippen LogP) is 0.800. The van der Waals surface area contributed by atoms with Crippen LogP contribution in [-0.4, -0.2) is 14.7 Å². The monoisotopic (exact) mass is 219 g/mol. The Morgan fingerprint density at radius 1 is 1.38 bits per heavy atom. The molecule has 0 fully saturated rings. The molecule has 0 amide bonds. The van der Waals surface area contributed by atoms with Gasteiger partial charge in [0.1, 0.15) is 11.2 Å². The maximum atomic E-state index is 10.9. The van der Waals surface area contributed by atoms with Crippen LogP contribution in [-0.2, 0) is 10.0 Å². The van der Waals surface area contributed by atoms with Gasteiger partial charge in [0.2, 0.25) is 10.0 Å². The first-order valence-corrected chi connectivity index (χ1v) is 5.15. The summed E-state index contributed by atoms with van der Waals surface area (Å²) in [6, 6.07) is 3.77. The van der Waals surface area contributed by atoms with Crippen LogP contribution in [0.5, 0.6) is 0 Å². The zero-order valence-corrected chi connectivity index (χ0v) is 7.97. The minimum absolute atomic E-state index is 0.0490. The summed E-state index contributed by atoms with van der Waals surface area (Å²) in [5.74, 6) is 0. The Morgan fingerprint density at radius 3 is 2.38 bits per heavy atom. The molecule has 70 valence electrons. The molecule has 0 aromatic heterocycles. The van der Waals surface area contributed by atoms with E-state index in [-0.39, 0.29) is 9.92 Å². The third-order valence-electron chi connectivity index (χ3n) is 1.40. The Balaban J connectivity index is 3.37. The van der Waals surface area contributed by atoms with E-state index in [1.54, 1.807) is 0 Å². The number of benzene rings is 1. The molecule has 0 bridgehead atoms. The van der Waals surface area contributed by atoms with E-state index in [1.165, 1.54) is 18.2 Å². The number of hydrogen-bond donors (Lipinski definition) is 1. The molecule has 0 spiro atoms. The second-order valence-electron chi connectivity index (χ2n) is 2.35. The predicted molar refractivity (Wildman–Crippen MR) is 48.2 cm³/mol. The molecule has 4 nitrogen and oxygen atoms in total. The quantitative estimate of drug-likeness (QED) is 0.748. The minimum Gasteiger partial charge on any atom is -0.298 e. The molecule has 13 heavy (non-hydrogen) atoms. The third kappa shape index (κ3) is 2.27. The Hall–Kier alpha value is -0.910. The topological polar surface area (TPSA) is 77.2 Å². The van der Waals surface area contributed by atoms with E-state index >= 15 is 0 Å². The molecule has 0 unspecified atom stereocenters. The third-order valence-corrected chi connectivity index (χ3v) is 2.79. The normalized spacial score (nSPS) is 11.2. The van der Waals surface area contributed by atoms with Gasteiger partial charge in [0.15, 0.2) is 0 Å². The molecule has 1 rings (SSSR count). The van der Waals surface area contributed by atoms with Gasteiger partial charge in [-0.1, -0.05) is 17.7 Å². The molecule has 0 saturated carbocycles. The van der Waals surface area contributed by atoms with Gasteiger partial charge in [-0.2, -0.15) is 0 Å². The number of carbonyl (C=O) groups is 1. The van der Waals surface area contributed by atoms with E-state index in [0.717, 1.165) is 0 Å². The van der Waals surface area contributed by atoms with E-state index in [2.05, 4.69) is 0 Å². The SMILES string of the molecule is NS(=O)(=O)c1ccc(C=O)cc1Cl. The van der Waals surface area contributed by atoms with Gasteiger partial charge in [-0.25, -0.2) is 13.6 Å². The van der Waals surface area contributed by atoms with Crippen LogP contribution in [0, 0.1) is 0 Å². The molecule has 0 aliphatic carbocycles. The van der Waals surface area contributed by atoms with E-state index in [9.17, 15) is 13.2 Å². The number of nitrogens with two attached hydrogens (primary N) is 1. The fourth-order valence-corrected chi connectivity index (χ4v) is 1.92. The van der Waals surface area contributed by atoms with Gasteiger partial charge in [0.05, 0.1) is 5.02 Å². The molecule has 1 aromatic rings. The van der Waals surface area contributed by atoms with Gasteiger partial charge in [-0.3, -0.25) is 4.79 Å². The van der Waals surface area contributed by atoms with E-state index in [1.807, 2.05) is 0 Å². The Bertz CT molecular complexity index is 441. The fourth-order valence-electron chi connectivity index (χ4n) is 0.821. The lowest BCUT2D eigenvalue weighted by molar-refractivity contribution is 0.112. The van der Waals surface area contributed by atoms with Gasteiger partial charge in [0, 0.05) is 5.56 Å². The maximum Gasteiger partial charge on any atom is 0.239 e. The van der Waals surface area contributed by atoms with Gasteiger partial charge in [-0.05, 0) is 12.1 Å². The van der Waals surface area contributed by atoms with E-state index in [0.29, 0.717) is 11.8 Å². The highest BCUT2D eigenvalue weighted by Gasteiger charge is 2.12. The van der Waals surface area contributed by atoms with Crippen molar-refractivity contribution in [3.63, 3.8) is 0 Å². The van der Waals surface area contributed by atoms with Crippen LogP contribution in [0.1, 0.15) is 10.4 Å². The summed E-state index contributed by atoms with van der Waals surface area (Å²) >= 11 is 5.57. The minimum atomic E-state index is -3.81. The molecule has 0 saturated heterocycles. The van der Waals surface area contributed by atoms with Crippen LogP contribution in [0.25, 0.3) is 0 Å². The Kier molecular flexibility index (Phi) is 2.70. The lowest BCUT2D eigenvalue weighted by Gasteiger charge is -2.00. The van der Waals surface area contributed by atoms with Crippen LogP contribution in [0.15, 0.2) is 23.1 Å². The maximum absolute atomic E-state index is 10.9. The smallest absolute Gasteiger partial charge is 0.239 e. The standard InChI is InChI=1S/C7H6ClNO3S/c8-6-3-5(4-10)1-2-7(6)13(9,11)12/h1-4H,(H2,9,11,12). The van der Waals surface area contributed by atoms with Gasteiger partial charge >= 0.3 is 0 Å². The van der Waals surface area contributed by atoms with Crippen molar-refractivity contribution in [2.24, 2.45) is 5.14 Å². The largest absolute Gasteiger partial charge is 0.298 e. The summed E-state index contributed by atoms with van der Waals surface area (Å²) in [6.07, 6.45) is 0.568. The zero-order chi connectivity index (χ0) is 10.1. The zero-order valence-electron chi connectivity index (χ0n) is 6.40. The first kappa shape index (κ1) is 10.2. The van der Waals surface area contributed by atoms with Crippen LogP contribution in [0.3, 0.4) is 0 Å². The number of sulfonamides is 1. The molecule has 0 heterocycles. The van der Waals surface area contributed by atoms with Crippen molar-refractivity contribution < 1.29 is 13.2 Å². The number of hydrogen-bond acceptors (Lipinski definition) is 3. The average Bonchev–Trinajstić information content (AvgIpc) is 2.01. The molecule has 0 aliphatic heterocycles. The molecule has 2 N–H and O–H groups in total. The number of carbonyl (C=O) groups excluding carboxylic acids is 1. The van der Waals surface area contributed by atoms with Crippen molar-refractivity contribution in [2.75, 3.05) is 0 Å². The molecule has 1 aromatic carbocycles. The van der Waals surface area contributed by atoms with Crippen LogP contribution >= 0.6 is 11.6 Å². The van der Waals surface area contributed by atoms with Crippen molar-refractivity contribution in [1.82, 2.24) is 0 Å². The highest BCUT2D eigenvalue weighted by molar-refractivity contribution is 7.89. The summed E-state index contributed by atoms with van der Waals surface area (Å²) in [7, 11) is -3.81. The van der Waals surface area contributed by atoms with Crippen molar-refractivity contribution >= 4 is 27.9 Å². The first-order chi connectivity index (χ1) is 5.95. The van der Waals surface area contributed by atoms with Crippen LogP contribution in [0.2, 0.25) is 5.02 Å². The summed E-state index contributed by atoms with van der Waals surface area (Å²) in [6.45, 7) is 0. The Labute approximate surface area is 80.4 Å². The van der Waals surface area contributed by atoms with E-state index < -0.39 is 10.0 Å². The molecular weight excluding hydrogens is 214 g/mol. The molecule has 0 atom stereocenters. The summed E-state index contributed by atoms with van der Waals surface area (Å²) in [4.78, 5) is 10.1.